The summed E-state index contributed by atoms with van der Waals surface area (Å²) in [5.74, 6) is 0.921. The fraction of sp³-hybridized carbons (Fsp3) is 0.333. The van der Waals surface area contributed by atoms with E-state index in [0.29, 0.717) is 6.04 Å². The number of methoxy groups -OCH3 is 1. The lowest BCUT2D eigenvalue weighted by molar-refractivity contribution is 0.415. The molecule has 88 valence electrons. The molecule has 1 aliphatic rings. The van der Waals surface area contributed by atoms with Crippen molar-refractivity contribution in [2.45, 2.75) is 18.9 Å². The minimum Gasteiger partial charge on any atom is -0.497 e. The summed E-state index contributed by atoms with van der Waals surface area (Å²) < 4.78 is 5.24. The van der Waals surface area contributed by atoms with Gasteiger partial charge in [-0.25, -0.2) is 0 Å². The van der Waals surface area contributed by atoms with Gasteiger partial charge in [0.2, 0.25) is 0 Å². The highest BCUT2D eigenvalue weighted by molar-refractivity contribution is 5.84. The average Bonchev–Trinajstić information content (AvgIpc) is 2.91. The molecule has 0 amide bonds. The summed E-state index contributed by atoms with van der Waals surface area (Å²) in [6.07, 6.45) is 2.53. The molecule has 1 saturated heterocycles. The summed E-state index contributed by atoms with van der Waals surface area (Å²) in [5.41, 5.74) is 1.40. The summed E-state index contributed by atoms with van der Waals surface area (Å²) >= 11 is 0. The molecule has 0 unspecified atom stereocenters. The van der Waals surface area contributed by atoms with E-state index < -0.39 is 0 Å². The lowest BCUT2D eigenvalue weighted by Crippen LogP contribution is -2.12. The van der Waals surface area contributed by atoms with Gasteiger partial charge in [-0.3, -0.25) is 0 Å². The van der Waals surface area contributed by atoms with Crippen molar-refractivity contribution >= 4 is 10.8 Å². The van der Waals surface area contributed by atoms with Gasteiger partial charge in [-0.15, -0.1) is 0 Å². The highest BCUT2D eigenvalue weighted by Gasteiger charge is 2.15. The van der Waals surface area contributed by atoms with Crippen molar-refractivity contribution < 1.29 is 4.74 Å². The zero-order valence-corrected chi connectivity index (χ0v) is 10.1. The normalized spacial score (nSPS) is 19.7. The van der Waals surface area contributed by atoms with Crippen molar-refractivity contribution in [2.75, 3.05) is 13.7 Å². The fourth-order valence-corrected chi connectivity index (χ4v) is 2.56. The molecular weight excluding hydrogens is 210 g/mol. The summed E-state index contributed by atoms with van der Waals surface area (Å²) in [6.45, 7) is 1.14. The highest BCUT2D eigenvalue weighted by atomic mass is 16.5. The van der Waals surface area contributed by atoms with Crippen LogP contribution < -0.4 is 10.1 Å². The molecule has 0 aromatic heterocycles. The number of ether oxygens (including phenoxy) is 1. The van der Waals surface area contributed by atoms with Crippen molar-refractivity contribution in [3.8, 4) is 5.75 Å². The maximum Gasteiger partial charge on any atom is 0.119 e. The third kappa shape index (κ3) is 2.01. The van der Waals surface area contributed by atoms with Gasteiger partial charge in [-0.2, -0.15) is 0 Å². The van der Waals surface area contributed by atoms with Crippen LogP contribution in [-0.4, -0.2) is 13.7 Å². The van der Waals surface area contributed by atoms with Gasteiger partial charge in [-0.1, -0.05) is 18.2 Å². The van der Waals surface area contributed by atoms with Crippen LogP contribution in [0.25, 0.3) is 10.8 Å². The number of hydrogen-bond acceptors (Lipinski definition) is 2. The first kappa shape index (κ1) is 10.6. The molecule has 1 N–H and O–H groups in total. The summed E-state index contributed by atoms with van der Waals surface area (Å²) in [6, 6.07) is 13.5. The molecule has 0 spiro atoms. The Morgan fingerprint density at radius 1 is 1.12 bits per heavy atom. The zero-order chi connectivity index (χ0) is 11.7. The molecule has 1 aliphatic heterocycles. The SMILES string of the molecule is COc1ccc2cc([C@@H]3CCCN3)ccc2c1. The third-order valence-corrected chi connectivity index (χ3v) is 3.53. The molecule has 0 saturated carbocycles. The van der Waals surface area contributed by atoms with E-state index >= 15 is 0 Å². The topological polar surface area (TPSA) is 21.3 Å². The molecule has 0 bridgehead atoms. The van der Waals surface area contributed by atoms with E-state index in [1.807, 2.05) is 6.07 Å². The number of rotatable bonds is 2. The van der Waals surface area contributed by atoms with E-state index in [2.05, 4.69) is 35.6 Å². The summed E-state index contributed by atoms with van der Waals surface area (Å²) in [4.78, 5) is 0. The standard InChI is InChI=1S/C15H17NO/c1-17-14-7-6-11-9-13(5-4-12(11)10-14)15-3-2-8-16-15/h4-7,9-10,15-16H,2-3,8H2,1H3/t15-/m0/s1. The van der Waals surface area contributed by atoms with Gasteiger partial charge in [0.25, 0.3) is 0 Å². The first-order valence-electron chi connectivity index (χ1n) is 6.18. The quantitative estimate of drug-likeness (QED) is 0.850. The second-order valence-electron chi connectivity index (χ2n) is 4.62. The van der Waals surface area contributed by atoms with E-state index in [0.717, 1.165) is 12.3 Å². The minimum absolute atomic E-state index is 0.543. The molecule has 0 aliphatic carbocycles. The van der Waals surface area contributed by atoms with Crippen molar-refractivity contribution in [1.82, 2.24) is 5.32 Å². The van der Waals surface area contributed by atoms with E-state index in [1.54, 1.807) is 7.11 Å². The average molecular weight is 227 g/mol. The lowest BCUT2D eigenvalue weighted by atomic mass is 10.0. The van der Waals surface area contributed by atoms with Crippen LogP contribution in [0.5, 0.6) is 5.75 Å². The van der Waals surface area contributed by atoms with Crippen LogP contribution in [0.3, 0.4) is 0 Å². The summed E-state index contributed by atoms with van der Waals surface area (Å²) in [5, 5.41) is 6.07. The van der Waals surface area contributed by atoms with E-state index in [-0.39, 0.29) is 0 Å². The van der Waals surface area contributed by atoms with Gasteiger partial charge in [0.15, 0.2) is 0 Å². The lowest BCUT2D eigenvalue weighted by Gasteiger charge is -2.11. The van der Waals surface area contributed by atoms with Gasteiger partial charge >= 0.3 is 0 Å². The second kappa shape index (κ2) is 4.38. The first-order valence-corrected chi connectivity index (χ1v) is 6.18. The smallest absolute Gasteiger partial charge is 0.119 e. The fourth-order valence-electron chi connectivity index (χ4n) is 2.56. The Labute approximate surface area is 102 Å². The Hall–Kier alpha value is -1.54. The Balaban J connectivity index is 2.01. The Morgan fingerprint density at radius 3 is 2.71 bits per heavy atom. The molecule has 3 rings (SSSR count). The molecule has 1 atom stereocenters. The number of nitrogens with one attached hydrogen (secondary N) is 1. The predicted molar refractivity (Wildman–Crippen MR) is 70.5 cm³/mol. The maximum absolute atomic E-state index is 5.24. The minimum atomic E-state index is 0.543. The van der Waals surface area contributed by atoms with Crippen LogP contribution in [0.2, 0.25) is 0 Å². The van der Waals surface area contributed by atoms with E-state index in [9.17, 15) is 0 Å². The van der Waals surface area contributed by atoms with Crippen molar-refractivity contribution in [3.05, 3.63) is 42.0 Å². The van der Waals surface area contributed by atoms with Crippen LogP contribution in [0.4, 0.5) is 0 Å². The van der Waals surface area contributed by atoms with Crippen LogP contribution in [-0.2, 0) is 0 Å². The van der Waals surface area contributed by atoms with Crippen LogP contribution in [0, 0.1) is 0 Å². The zero-order valence-electron chi connectivity index (χ0n) is 10.1. The molecule has 1 fully saturated rings. The molecule has 2 heteroatoms. The monoisotopic (exact) mass is 227 g/mol. The van der Waals surface area contributed by atoms with Crippen molar-refractivity contribution in [2.24, 2.45) is 0 Å². The first-order chi connectivity index (χ1) is 8.36. The van der Waals surface area contributed by atoms with Crippen LogP contribution in [0.15, 0.2) is 36.4 Å². The largest absolute Gasteiger partial charge is 0.497 e. The van der Waals surface area contributed by atoms with E-state index in [1.165, 1.54) is 29.2 Å². The van der Waals surface area contributed by atoms with Crippen molar-refractivity contribution in [1.29, 1.82) is 0 Å². The Kier molecular flexibility index (Phi) is 2.73. The second-order valence-corrected chi connectivity index (χ2v) is 4.62. The Morgan fingerprint density at radius 2 is 1.94 bits per heavy atom. The van der Waals surface area contributed by atoms with Gasteiger partial charge in [0, 0.05) is 6.04 Å². The van der Waals surface area contributed by atoms with Gasteiger partial charge < -0.3 is 10.1 Å². The predicted octanol–water partition coefficient (Wildman–Crippen LogP) is 3.27. The van der Waals surface area contributed by atoms with Gasteiger partial charge in [0.1, 0.15) is 5.75 Å². The molecule has 1 heterocycles. The van der Waals surface area contributed by atoms with Crippen molar-refractivity contribution in [3.63, 3.8) is 0 Å². The van der Waals surface area contributed by atoms with Crippen LogP contribution >= 0.6 is 0 Å². The van der Waals surface area contributed by atoms with Gasteiger partial charge in [-0.05, 0) is 53.9 Å². The van der Waals surface area contributed by atoms with Crippen LogP contribution in [0.1, 0.15) is 24.4 Å². The number of hydrogen-bond donors (Lipinski definition) is 1. The summed E-state index contributed by atoms with van der Waals surface area (Å²) in [7, 11) is 1.71. The number of fused-ring (bicyclic) bond motifs is 1. The molecule has 2 nitrogen and oxygen atoms in total. The molecule has 2 aromatic carbocycles. The van der Waals surface area contributed by atoms with E-state index in [4.69, 9.17) is 4.74 Å². The molecular formula is C15H17NO. The van der Waals surface area contributed by atoms with Gasteiger partial charge in [0.05, 0.1) is 7.11 Å². The molecule has 17 heavy (non-hydrogen) atoms. The molecule has 2 aromatic rings. The Bertz CT molecular complexity index is 529. The molecule has 0 radical (unpaired) electrons. The maximum atomic E-state index is 5.24. The third-order valence-electron chi connectivity index (χ3n) is 3.53. The number of benzene rings is 2. The highest BCUT2D eigenvalue weighted by Crippen LogP contribution is 2.27.